The lowest BCUT2D eigenvalue weighted by Gasteiger charge is -2.03. The first-order valence-electron chi connectivity index (χ1n) is 5.84. The van der Waals surface area contributed by atoms with Crippen molar-refractivity contribution in [2.24, 2.45) is 0 Å². The van der Waals surface area contributed by atoms with E-state index < -0.39 is 0 Å². The molecule has 0 aliphatic heterocycles. The molecule has 20 heavy (non-hydrogen) atoms. The van der Waals surface area contributed by atoms with Gasteiger partial charge in [-0.2, -0.15) is 0 Å². The molecule has 0 fully saturated rings. The molecule has 3 aromatic rings. The first-order valence-corrected chi connectivity index (χ1v) is 6.63. The van der Waals surface area contributed by atoms with E-state index in [1.807, 2.05) is 24.3 Å². The number of ether oxygens (including phenoxy) is 1. The Hall–Kier alpha value is -2.21. The summed E-state index contributed by atoms with van der Waals surface area (Å²) in [6, 6.07) is 11.1. The molecule has 6 heteroatoms. The lowest BCUT2D eigenvalue weighted by molar-refractivity contribution is 0.415. The summed E-state index contributed by atoms with van der Waals surface area (Å²) in [4.78, 5) is 0. The van der Waals surface area contributed by atoms with Gasteiger partial charge in [0.1, 0.15) is 5.75 Å². The lowest BCUT2D eigenvalue weighted by Crippen LogP contribution is -1.88. The van der Waals surface area contributed by atoms with Crippen molar-refractivity contribution >= 4 is 21.8 Å². The Morgan fingerprint density at radius 1 is 1.15 bits per heavy atom. The number of nitrogen functional groups attached to an aromatic ring is 1. The Labute approximate surface area is 123 Å². The number of furan rings is 1. The third-order valence-electron chi connectivity index (χ3n) is 2.90. The summed E-state index contributed by atoms with van der Waals surface area (Å²) in [5.74, 6) is 1.60. The van der Waals surface area contributed by atoms with Crippen LogP contribution in [-0.4, -0.2) is 12.3 Å². The molecule has 5 nitrogen and oxygen atoms in total. The average Bonchev–Trinajstić information content (AvgIpc) is 3.05. The van der Waals surface area contributed by atoms with Gasteiger partial charge >= 0.3 is 0 Å². The minimum Gasteiger partial charge on any atom is -0.497 e. The van der Waals surface area contributed by atoms with Crippen LogP contribution in [0.1, 0.15) is 0 Å². The number of aromatic nitrogens is 1. The zero-order valence-corrected chi connectivity index (χ0v) is 12.2. The summed E-state index contributed by atoms with van der Waals surface area (Å²) in [5.41, 5.74) is 8.03. The number of nitrogens with zero attached hydrogens (tertiary/aromatic N) is 1. The fourth-order valence-corrected chi connectivity index (χ4v) is 2.26. The van der Waals surface area contributed by atoms with Gasteiger partial charge in [-0.15, -0.1) is 0 Å². The van der Waals surface area contributed by atoms with E-state index in [2.05, 4.69) is 21.1 Å². The van der Waals surface area contributed by atoms with Crippen LogP contribution in [0, 0.1) is 0 Å². The molecule has 0 spiro atoms. The maximum Gasteiger partial charge on any atom is 0.230 e. The first kappa shape index (κ1) is 12.8. The van der Waals surface area contributed by atoms with Crippen LogP contribution in [0.2, 0.25) is 0 Å². The smallest absolute Gasteiger partial charge is 0.230 e. The van der Waals surface area contributed by atoms with Crippen LogP contribution in [0.4, 0.5) is 5.88 Å². The molecule has 0 bridgehead atoms. The molecule has 2 heterocycles. The minimum absolute atomic E-state index is 0.248. The second kappa shape index (κ2) is 5.05. The van der Waals surface area contributed by atoms with Crippen molar-refractivity contribution < 1.29 is 13.7 Å². The van der Waals surface area contributed by atoms with Crippen LogP contribution < -0.4 is 10.5 Å². The molecular formula is C14H11BrN2O3. The third kappa shape index (κ3) is 2.18. The molecular weight excluding hydrogens is 324 g/mol. The molecule has 1 aromatic carbocycles. The second-order valence-corrected chi connectivity index (χ2v) is 4.88. The van der Waals surface area contributed by atoms with Crippen LogP contribution in [0.15, 0.2) is 50.0 Å². The van der Waals surface area contributed by atoms with Gasteiger partial charge in [0.2, 0.25) is 5.88 Å². The van der Waals surface area contributed by atoms with Crippen LogP contribution in [0.5, 0.6) is 5.75 Å². The predicted octanol–water partition coefficient (Wildman–Crippen LogP) is 3.95. The maximum atomic E-state index is 5.87. The van der Waals surface area contributed by atoms with Crippen molar-refractivity contribution in [3.8, 4) is 28.3 Å². The van der Waals surface area contributed by atoms with Crippen molar-refractivity contribution in [1.29, 1.82) is 0 Å². The van der Waals surface area contributed by atoms with Gasteiger partial charge in [0.25, 0.3) is 0 Å². The Balaban J connectivity index is 2.10. The van der Waals surface area contributed by atoms with E-state index in [0.29, 0.717) is 21.7 Å². The summed E-state index contributed by atoms with van der Waals surface area (Å²) >= 11 is 3.26. The van der Waals surface area contributed by atoms with E-state index >= 15 is 0 Å². The quantitative estimate of drug-likeness (QED) is 0.784. The van der Waals surface area contributed by atoms with Crippen molar-refractivity contribution in [3.05, 3.63) is 41.1 Å². The number of rotatable bonds is 3. The average molecular weight is 335 g/mol. The maximum absolute atomic E-state index is 5.87. The standard InChI is InChI=1S/C14H11BrN2O3/c1-18-9-4-2-8(3-5-9)12-13(17-20-14(12)16)10-6-7-11(15)19-10/h2-7H,16H2,1H3. The largest absolute Gasteiger partial charge is 0.497 e. The highest BCUT2D eigenvalue weighted by Crippen LogP contribution is 2.37. The number of nitrogens with two attached hydrogens (primary N) is 1. The highest BCUT2D eigenvalue weighted by molar-refractivity contribution is 9.10. The molecule has 2 aromatic heterocycles. The van der Waals surface area contributed by atoms with Crippen molar-refractivity contribution in [2.75, 3.05) is 12.8 Å². The van der Waals surface area contributed by atoms with Gasteiger partial charge in [0.15, 0.2) is 16.1 Å². The number of hydrogen-bond acceptors (Lipinski definition) is 5. The summed E-state index contributed by atoms with van der Waals surface area (Å²) in [7, 11) is 1.62. The summed E-state index contributed by atoms with van der Waals surface area (Å²) in [6.07, 6.45) is 0. The van der Waals surface area contributed by atoms with Crippen LogP contribution in [0.3, 0.4) is 0 Å². The Bertz CT molecular complexity index is 731. The van der Waals surface area contributed by atoms with Crippen LogP contribution in [-0.2, 0) is 0 Å². The monoisotopic (exact) mass is 334 g/mol. The SMILES string of the molecule is COc1ccc(-c2c(-c3ccc(Br)o3)noc2N)cc1. The number of benzene rings is 1. The fourth-order valence-electron chi connectivity index (χ4n) is 1.95. The minimum atomic E-state index is 0.248. The molecule has 0 aliphatic rings. The molecule has 3 rings (SSSR count). The second-order valence-electron chi connectivity index (χ2n) is 4.10. The lowest BCUT2D eigenvalue weighted by atomic mass is 10.0. The van der Waals surface area contributed by atoms with E-state index in [1.54, 1.807) is 19.2 Å². The number of methoxy groups -OCH3 is 1. The highest BCUT2D eigenvalue weighted by Gasteiger charge is 2.19. The van der Waals surface area contributed by atoms with Gasteiger partial charge in [0.05, 0.1) is 12.7 Å². The topological polar surface area (TPSA) is 74.4 Å². The Morgan fingerprint density at radius 2 is 1.90 bits per heavy atom. The highest BCUT2D eigenvalue weighted by atomic mass is 79.9. The van der Waals surface area contributed by atoms with Crippen molar-refractivity contribution in [2.45, 2.75) is 0 Å². The van der Waals surface area contributed by atoms with Gasteiger partial charge in [-0.25, -0.2) is 0 Å². The van der Waals surface area contributed by atoms with Gasteiger partial charge < -0.3 is 19.4 Å². The predicted molar refractivity (Wildman–Crippen MR) is 78.3 cm³/mol. The summed E-state index contributed by atoms with van der Waals surface area (Å²) < 4.78 is 16.4. The number of halogens is 1. The molecule has 0 saturated carbocycles. The van der Waals surface area contributed by atoms with Crippen molar-refractivity contribution in [3.63, 3.8) is 0 Å². The molecule has 0 unspecified atom stereocenters. The van der Waals surface area contributed by atoms with E-state index in [9.17, 15) is 0 Å². The van der Waals surface area contributed by atoms with Crippen molar-refractivity contribution in [1.82, 2.24) is 5.16 Å². The zero-order valence-electron chi connectivity index (χ0n) is 10.6. The molecule has 0 saturated heterocycles. The van der Waals surface area contributed by atoms with Gasteiger partial charge in [-0.05, 0) is 45.8 Å². The number of hydrogen-bond donors (Lipinski definition) is 1. The van der Waals surface area contributed by atoms with Crippen LogP contribution >= 0.6 is 15.9 Å². The molecule has 0 atom stereocenters. The molecule has 0 aliphatic carbocycles. The summed E-state index contributed by atoms with van der Waals surface area (Å²) in [5, 5.41) is 3.97. The normalized spacial score (nSPS) is 10.7. The van der Waals surface area contributed by atoms with E-state index in [0.717, 1.165) is 11.3 Å². The van der Waals surface area contributed by atoms with E-state index in [4.69, 9.17) is 19.4 Å². The number of anilines is 1. The third-order valence-corrected chi connectivity index (χ3v) is 3.33. The van der Waals surface area contributed by atoms with Gasteiger partial charge in [-0.3, -0.25) is 0 Å². The molecule has 0 radical (unpaired) electrons. The van der Waals surface area contributed by atoms with Gasteiger partial charge in [-0.1, -0.05) is 17.3 Å². The zero-order chi connectivity index (χ0) is 14.1. The molecule has 0 amide bonds. The Morgan fingerprint density at radius 3 is 2.50 bits per heavy atom. The fraction of sp³-hybridized carbons (Fsp3) is 0.0714. The van der Waals surface area contributed by atoms with E-state index in [-0.39, 0.29) is 5.88 Å². The summed E-state index contributed by atoms with van der Waals surface area (Å²) in [6.45, 7) is 0. The first-order chi connectivity index (χ1) is 9.69. The molecule has 2 N–H and O–H groups in total. The van der Waals surface area contributed by atoms with Crippen LogP contribution in [0.25, 0.3) is 22.6 Å². The van der Waals surface area contributed by atoms with E-state index in [1.165, 1.54) is 0 Å². The molecule has 102 valence electrons. The van der Waals surface area contributed by atoms with Gasteiger partial charge in [0, 0.05) is 0 Å². The Kier molecular flexibility index (Phi) is 3.23.